The average Bonchev–Trinajstić information content (AvgIpc) is 2.42. The van der Waals surface area contributed by atoms with Gasteiger partial charge < -0.3 is 10.5 Å². The smallest absolute Gasteiger partial charge is 0.420 e. The average molecular weight is 261 g/mol. The molecule has 1 aromatic heterocycles. The van der Waals surface area contributed by atoms with E-state index in [1.165, 1.54) is 12.3 Å². The number of thiol groups is 1. The molecule has 0 saturated heterocycles. The molecular weight excluding hydrogens is 246 g/mol. The van der Waals surface area contributed by atoms with Crippen molar-refractivity contribution >= 4 is 28.5 Å². The van der Waals surface area contributed by atoms with Gasteiger partial charge in [0, 0.05) is 12.3 Å². The normalized spacial score (nSPS) is 11.5. The van der Waals surface area contributed by atoms with E-state index in [2.05, 4.69) is 4.72 Å². The van der Waals surface area contributed by atoms with E-state index >= 15 is 0 Å². The van der Waals surface area contributed by atoms with Crippen LogP contribution in [-0.2, 0) is 15.6 Å². The molecule has 0 aliphatic heterocycles. The van der Waals surface area contributed by atoms with Gasteiger partial charge in [0.05, 0.1) is 5.69 Å². The number of nitrogens with one attached hydrogen (secondary N) is 1. The lowest BCUT2D eigenvalue weighted by Gasteiger charge is -2.19. The fourth-order valence-corrected chi connectivity index (χ4v) is 1.45. The Hall–Kier alpha value is -1.70. The molecule has 0 spiro atoms. The van der Waals surface area contributed by atoms with E-state index in [4.69, 9.17) is 10.5 Å². The number of nitrogens with zero attached hydrogens (tertiary/aromatic N) is 1. The van der Waals surface area contributed by atoms with Crippen LogP contribution in [-0.4, -0.2) is 24.7 Å². The lowest BCUT2D eigenvalue weighted by molar-refractivity contribution is 0.0541. The molecule has 0 atom stereocenters. The summed E-state index contributed by atoms with van der Waals surface area (Å²) in [5.74, 6) is 0.0959. The summed E-state index contributed by atoms with van der Waals surface area (Å²) in [5, 5.41) is 0. The van der Waals surface area contributed by atoms with E-state index in [0.717, 1.165) is 4.57 Å². The van der Waals surface area contributed by atoms with Crippen molar-refractivity contribution in [3.05, 3.63) is 12.3 Å². The Labute approximate surface area is 101 Å². The Morgan fingerprint density at radius 1 is 1.47 bits per heavy atom. The summed E-state index contributed by atoms with van der Waals surface area (Å²) in [7, 11) is -2.79. The fourth-order valence-electron chi connectivity index (χ4n) is 1.12. The van der Waals surface area contributed by atoms with Gasteiger partial charge in [0.25, 0.3) is 0 Å². The van der Waals surface area contributed by atoms with Crippen molar-refractivity contribution in [1.82, 2.24) is 4.57 Å². The van der Waals surface area contributed by atoms with Crippen LogP contribution in [0.4, 0.5) is 16.3 Å². The zero-order valence-electron chi connectivity index (χ0n) is 9.76. The number of rotatable bonds is 2. The number of hydrogen-bond donors (Lipinski definition) is 3. The van der Waals surface area contributed by atoms with Gasteiger partial charge >= 0.3 is 6.09 Å². The second-order valence-corrected chi connectivity index (χ2v) is 5.11. The number of nitrogen functional groups attached to an aromatic ring is 1. The summed E-state index contributed by atoms with van der Waals surface area (Å²) in [4.78, 5) is 11.7. The number of carbonyl (C=O) groups excluding carboxylic acids is 1. The zero-order chi connectivity index (χ0) is 13.2. The van der Waals surface area contributed by atoms with E-state index in [1.807, 2.05) is 0 Å². The third-order valence-corrected chi connectivity index (χ3v) is 2.10. The molecule has 1 heterocycles. The second-order valence-electron chi connectivity index (χ2n) is 4.37. The summed E-state index contributed by atoms with van der Waals surface area (Å²) in [6.07, 6.45) is 0.596. The van der Waals surface area contributed by atoms with Gasteiger partial charge in [-0.25, -0.2) is 17.8 Å². The molecule has 0 aromatic carbocycles. The van der Waals surface area contributed by atoms with Gasteiger partial charge in [-0.05, 0) is 20.8 Å². The van der Waals surface area contributed by atoms with Crippen molar-refractivity contribution in [2.75, 3.05) is 10.5 Å². The maximum Gasteiger partial charge on any atom is 0.420 e. The van der Waals surface area contributed by atoms with Gasteiger partial charge in [0.15, 0.2) is 0 Å². The van der Waals surface area contributed by atoms with Gasteiger partial charge in [-0.2, -0.15) is 0 Å². The van der Waals surface area contributed by atoms with Crippen LogP contribution in [0.2, 0.25) is 0 Å². The number of hydrogen-bond acceptors (Lipinski definition) is 5. The van der Waals surface area contributed by atoms with Crippen molar-refractivity contribution < 1.29 is 17.9 Å². The van der Waals surface area contributed by atoms with Crippen LogP contribution >= 0.6 is 0 Å². The molecule has 0 fully saturated rings. The molecule has 0 saturated carbocycles. The Bertz CT molecular complexity index is 491. The molecule has 0 aliphatic rings. The molecular formula is C9H15N3O4S. The topological polar surface area (TPSA) is 103 Å². The Balaban J connectivity index is 2.91. The standard InChI is InChI=1S/C9H15N3O4S/c1-9(2,3)16-8(13)12-5-6(4-7(12)10)11-17(14)15/h4-5,17H,10H2,1-3H3,(H,11,14,15). The SMILES string of the molecule is CC(C)(C)OC(=O)n1cc(N[SH](=O)=O)cc1N. The van der Waals surface area contributed by atoms with Gasteiger partial charge in [0.1, 0.15) is 11.4 Å². The monoisotopic (exact) mass is 261 g/mol. The van der Waals surface area contributed by atoms with Gasteiger partial charge in [-0.1, -0.05) is 0 Å². The van der Waals surface area contributed by atoms with Crippen molar-refractivity contribution in [1.29, 1.82) is 0 Å². The lowest BCUT2D eigenvalue weighted by atomic mass is 10.2. The van der Waals surface area contributed by atoms with Crippen LogP contribution in [0.5, 0.6) is 0 Å². The second kappa shape index (κ2) is 4.66. The highest BCUT2D eigenvalue weighted by Crippen LogP contribution is 2.18. The van der Waals surface area contributed by atoms with E-state index in [9.17, 15) is 13.2 Å². The predicted octanol–water partition coefficient (Wildman–Crippen LogP) is 0.792. The van der Waals surface area contributed by atoms with Crippen LogP contribution in [0, 0.1) is 0 Å². The van der Waals surface area contributed by atoms with Gasteiger partial charge in [-0.15, -0.1) is 0 Å². The molecule has 7 nitrogen and oxygen atoms in total. The maximum absolute atomic E-state index is 11.7. The van der Waals surface area contributed by atoms with E-state index in [-0.39, 0.29) is 11.5 Å². The molecule has 17 heavy (non-hydrogen) atoms. The van der Waals surface area contributed by atoms with Crippen LogP contribution < -0.4 is 10.5 Å². The van der Waals surface area contributed by atoms with E-state index in [0.29, 0.717) is 0 Å². The van der Waals surface area contributed by atoms with E-state index < -0.39 is 22.6 Å². The first-order chi connectivity index (χ1) is 7.69. The zero-order valence-corrected chi connectivity index (χ0v) is 10.7. The van der Waals surface area contributed by atoms with Crippen molar-refractivity contribution in [3.63, 3.8) is 0 Å². The molecule has 0 aliphatic carbocycles. The van der Waals surface area contributed by atoms with Gasteiger partial charge in [-0.3, -0.25) is 4.72 Å². The molecule has 0 amide bonds. The first-order valence-corrected chi connectivity index (χ1v) is 5.99. The summed E-state index contributed by atoms with van der Waals surface area (Å²) in [6.45, 7) is 5.16. The van der Waals surface area contributed by atoms with Crippen molar-refractivity contribution in [2.45, 2.75) is 26.4 Å². The molecule has 96 valence electrons. The summed E-state index contributed by atoms with van der Waals surface area (Å²) >= 11 is 0. The summed E-state index contributed by atoms with van der Waals surface area (Å²) in [6, 6.07) is 1.33. The maximum atomic E-state index is 11.7. The third kappa shape index (κ3) is 3.99. The fraction of sp³-hybridized carbons (Fsp3) is 0.444. The highest BCUT2D eigenvalue weighted by atomic mass is 32.2. The summed E-state index contributed by atoms with van der Waals surface area (Å²) in [5.41, 5.74) is 5.13. The molecule has 0 unspecified atom stereocenters. The van der Waals surface area contributed by atoms with Crippen LogP contribution in [0.1, 0.15) is 20.8 Å². The van der Waals surface area contributed by atoms with Gasteiger partial charge in [0.2, 0.25) is 10.9 Å². The highest BCUT2D eigenvalue weighted by molar-refractivity contribution is 7.73. The minimum absolute atomic E-state index is 0.0959. The van der Waals surface area contributed by atoms with Crippen LogP contribution in [0.15, 0.2) is 12.3 Å². The Morgan fingerprint density at radius 2 is 2.06 bits per heavy atom. The lowest BCUT2D eigenvalue weighted by Crippen LogP contribution is -2.27. The summed E-state index contributed by atoms with van der Waals surface area (Å²) < 4.78 is 29.1. The molecule has 0 bridgehead atoms. The number of nitrogens with two attached hydrogens (primary N) is 1. The van der Waals surface area contributed by atoms with Crippen molar-refractivity contribution in [3.8, 4) is 0 Å². The minimum Gasteiger partial charge on any atom is -0.443 e. The number of carbonyl (C=O) groups is 1. The number of aromatic nitrogens is 1. The third-order valence-electron chi connectivity index (χ3n) is 1.66. The highest BCUT2D eigenvalue weighted by Gasteiger charge is 2.19. The molecule has 3 N–H and O–H groups in total. The molecule has 0 radical (unpaired) electrons. The first kappa shape index (κ1) is 13.4. The van der Waals surface area contributed by atoms with E-state index in [1.54, 1.807) is 20.8 Å². The largest absolute Gasteiger partial charge is 0.443 e. The number of ether oxygens (including phenoxy) is 1. The molecule has 1 aromatic rings. The predicted molar refractivity (Wildman–Crippen MR) is 64.4 cm³/mol. The first-order valence-electron chi connectivity index (χ1n) is 4.81. The van der Waals surface area contributed by atoms with Crippen LogP contribution in [0.25, 0.3) is 0 Å². The molecule has 1 rings (SSSR count). The molecule has 8 heteroatoms. The van der Waals surface area contributed by atoms with Crippen molar-refractivity contribution in [2.24, 2.45) is 0 Å². The minimum atomic E-state index is -2.79. The quantitative estimate of drug-likeness (QED) is 0.683. The Morgan fingerprint density at radius 3 is 2.53 bits per heavy atom. The number of anilines is 2. The Kier molecular flexibility index (Phi) is 3.66. The van der Waals surface area contributed by atoms with Crippen LogP contribution in [0.3, 0.4) is 0 Å².